The lowest BCUT2D eigenvalue weighted by Crippen LogP contribution is -2.42. The molecule has 160 valence electrons. The summed E-state index contributed by atoms with van der Waals surface area (Å²) < 4.78 is 0. The summed E-state index contributed by atoms with van der Waals surface area (Å²) in [5, 5.41) is 14.8. The number of carbonyl (C=O) groups is 1. The first-order valence-corrected chi connectivity index (χ1v) is 10.9. The number of nitrogens with zero attached hydrogens (tertiary/aromatic N) is 1. The lowest BCUT2D eigenvalue weighted by Gasteiger charge is -2.34. The molecule has 4 nitrogen and oxygen atoms in total. The van der Waals surface area contributed by atoms with Crippen molar-refractivity contribution in [1.82, 2.24) is 5.32 Å². The Hall–Kier alpha value is -2.33. The minimum Gasteiger partial charge on any atom is -0.507 e. The zero-order valence-electron chi connectivity index (χ0n) is 19.3. The second-order valence-corrected chi connectivity index (χ2v) is 11.0. The van der Waals surface area contributed by atoms with Gasteiger partial charge in [0.05, 0.1) is 11.5 Å². The molecule has 2 N–H and O–H groups in total. The summed E-state index contributed by atoms with van der Waals surface area (Å²) in [4.78, 5) is 15.4. The van der Waals surface area contributed by atoms with Gasteiger partial charge >= 0.3 is 0 Å². The maximum absolute atomic E-state index is 13.6. The Morgan fingerprint density at radius 2 is 1.60 bits per heavy atom. The van der Waals surface area contributed by atoms with E-state index in [-0.39, 0.29) is 22.8 Å². The monoisotopic (exact) mass is 406 g/mol. The van der Waals surface area contributed by atoms with Crippen LogP contribution in [-0.4, -0.2) is 24.6 Å². The largest absolute Gasteiger partial charge is 0.507 e. The molecule has 1 fully saturated rings. The number of nitrogens with one attached hydrogen (secondary N) is 1. The van der Waals surface area contributed by atoms with Crippen LogP contribution in [0.2, 0.25) is 0 Å². The van der Waals surface area contributed by atoms with Gasteiger partial charge in [0.2, 0.25) is 5.91 Å². The van der Waals surface area contributed by atoms with Crippen LogP contribution in [0.5, 0.6) is 5.75 Å². The van der Waals surface area contributed by atoms with E-state index in [0.29, 0.717) is 5.75 Å². The summed E-state index contributed by atoms with van der Waals surface area (Å²) in [7, 11) is 1.88. The number of para-hydroxylation sites is 1. The molecule has 2 aromatic rings. The van der Waals surface area contributed by atoms with Crippen molar-refractivity contribution in [3.8, 4) is 5.75 Å². The molecule has 0 radical (unpaired) electrons. The topological polar surface area (TPSA) is 52.6 Å². The second-order valence-electron chi connectivity index (χ2n) is 11.0. The molecule has 4 heteroatoms. The van der Waals surface area contributed by atoms with E-state index >= 15 is 0 Å². The number of hydrogen-bond donors (Lipinski definition) is 2. The number of aromatic hydroxyl groups is 1. The van der Waals surface area contributed by atoms with E-state index in [1.54, 1.807) is 0 Å². The minimum atomic E-state index is -0.605. The quantitative estimate of drug-likeness (QED) is 0.706. The van der Waals surface area contributed by atoms with Crippen LogP contribution in [-0.2, 0) is 21.0 Å². The summed E-state index contributed by atoms with van der Waals surface area (Å²) in [5.41, 5.74) is 4.03. The van der Waals surface area contributed by atoms with Crippen LogP contribution in [0.25, 0.3) is 0 Å². The van der Waals surface area contributed by atoms with E-state index in [2.05, 4.69) is 65.1 Å². The van der Waals surface area contributed by atoms with E-state index < -0.39 is 5.41 Å². The molecule has 0 aliphatic carbocycles. The Balaban J connectivity index is 1.96. The van der Waals surface area contributed by atoms with Gasteiger partial charge in [-0.2, -0.15) is 0 Å². The van der Waals surface area contributed by atoms with E-state index in [9.17, 15) is 9.90 Å². The van der Waals surface area contributed by atoms with Gasteiger partial charge in [-0.05, 0) is 64.2 Å². The number of rotatable bonds is 1. The van der Waals surface area contributed by atoms with Gasteiger partial charge in [-0.15, -0.1) is 0 Å². The molecule has 1 amide bonds. The lowest BCUT2D eigenvalue weighted by molar-refractivity contribution is -0.123. The Bertz CT molecular complexity index is 977. The summed E-state index contributed by atoms with van der Waals surface area (Å²) in [6, 6.07) is 12.3. The van der Waals surface area contributed by atoms with Crippen molar-refractivity contribution in [2.75, 3.05) is 18.5 Å². The van der Waals surface area contributed by atoms with Crippen molar-refractivity contribution in [3.05, 3.63) is 58.7 Å². The Labute approximate surface area is 180 Å². The van der Waals surface area contributed by atoms with Gasteiger partial charge in [0.1, 0.15) is 5.75 Å². The molecule has 2 aliphatic rings. The minimum absolute atomic E-state index is 0.126. The van der Waals surface area contributed by atoms with Gasteiger partial charge in [0.25, 0.3) is 0 Å². The maximum Gasteiger partial charge on any atom is 0.239 e. The normalized spacial score (nSPS) is 24.0. The van der Waals surface area contributed by atoms with Crippen molar-refractivity contribution in [2.45, 2.75) is 70.3 Å². The molecule has 0 bridgehead atoms. The Kier molecular flexibility index (Phi) is 4.59. The van der Waals surface area contributed by atoms with Crippen LogP contribution in [0.3, 0.4) is 0 Å². The van der Waals surface area contributed by atoms with Crippen molar-refractivity contribution in [2.24, 2.45) is 0 Å². The average Bonchev–Trinajstić information content (AvgIpc) is 3.18. The zero-order valence-corrected chi connectivity index (χ0v) is 19.3. The number of anilines is 1. The third-order valence-corrected chi connectivity index (χ3v) is 6.87. The van der Waals surface area contributed by atoms with E-state index in [1.165, 1.54) is 0 Å². The standard InChI is InChI=1S/C26H34N2O2/c1-24(2,3)18-14-16(15-19(21(18)29)25(4,5)6)22-26(12-13-27-22)17-10-8-9-11-20(17)28(7)23(26)30/h8-11,14-15,22,27,29H,12-13H2,1-7H3. The molecule has 0 saturated carbocycles. The number of phenolic OH excluding ortho intramolecular Hbond substituents is 1. The average molecular weight is 407 g/mol. The van der Waals surface area contributed by atoms with Gasteiger partial charge < -0.3 is 15.3 Å². The molecule has 1 saturated heterocycles. The molecular formula is C26H34N2O2. The highest BCUT2D eigenvalue weighted by Gasteiger charge is 2.57. The van der Waals surface area contributed by atoms with Gasteiger partial charge in [0, 0.05) is 12.7 Å². The third-order valence-electron chi connectivity index (χ3n) is 6.87. The predicted octanol–water partition coefficient (Wildman–Crippen LogP) is 4.94. The first-order valence-electron chi connectivity index (χ1n) is 10.9. The molecular weight excluding hydrogens is 372 g/mol. The maximum atomic E-state index is 13.6. The van der Waals surface area contributed by atoms with Gasteiger partial charge in [-0.25, -0.2) is 0 Å². The number of phenols is 1. The van der Waals surface area contributed by atoms with Crippen LogP contribution in [0.1, 0.15) is 76.3 Å². The zero-order chi connectivity index (χ0) is 22.1. The summed E-state index contributed by atoms with van der Waals surface area (Å²) in [6.07, 6.45) is 0.772. The SMILES string of the molecule is CN1C(=O)C2(CCNC2c2cc(C(C)(C)C)c(O)c(C(C)(C)C)c2)c2ccccc21. The lowest BCUT2D eigenvalue weighted by atomic mass is 9.70. The van der Waals surface area contributed by atoms with Crippen LogP contribution < -0.4 is 10.2 Å². The van der Waals surface area contributed by atoms with Crippen LogP contribution in [0.4, 0.5) is 5.69 Å². The van der Waals surface area contributed by atoms with E-state index in [4.69, 9.17) is 0 Å². The number of carbonyl (C=O) groups excluding carboxylic acids is 1. The van der Waals surface area contributed by atoms with Crippen LogP contribution in [0.15, 0.2) is 36.4 Å². The third kappa shape index (κ3) is 2.88. The number of hydrogen-bond acceptors (Lipinski definition) is 3. The summed E-state index contributed by atoms with van der Waals surface area (Å²) in [6.45, 7) is 13.5. The highest BCUT2D eigenvalue weighted by Crippen LogP contribution is 2.54. The highest BCUT2D eigenvalue weighted by molar-refractivity contribution is 6.08. The van der Waals surface area contributed by atoms with Crippen LogP contribution >= 0.6 is 0 Å². The molecule has 2 atom stereocenters. The summed E-state index contributed by atoms with van der Waals surface area (Å²) >= 11 is 0. The molecule has 1 spiro atoms. The van der Waals surface area contributed by atoms with Crippen molar-refractivity contribution >= 4 is 11.6 Å². The first-order chi connectivity index (χ1) is 13.9. The molecule has 0 aromatic heterocycles. The molecule has 30 heavy (non-hydrogen) atoms. The fourth-order valence-electron chi connectivity index (χ4n) is 5.29. The van der Waals surface area contributed by atoms with Gasteiger partial charge in [0.15, 0.2) is 0 Å². The first kappa shape index (κ1) is 20.9. The molecule has 2 aliphatic heterocycles. The number of benzene rings is 2. The van der Waals surface area contributed by atoms with Crippen molar-refractivity contribution < 1.29 is 9.90 Å². The smallest absolute Gasteiger partial charge is 0.239 e. The van der Waals surface area contributed by atoms with E-state index in [0.717, 1.165) is 40.9 Å². The van der Waals surface area contributed by atoms with Crippen molar-refractivity contribution in [3.63, 3.8) is 0 Å². The molecule has 2 unspecified atom stereocenters. The molecule has 4 rings (SSSR count). The fraction of sp³-hybridized carbons (Fsp3) is 0.500. The number of fused-ring (bicyclic) bond motifs is 2. The second kappa shape index (κ2) is 6.58. The van der Waals surface area contributed by atoms with Crippen molar-refractivity contribution in [1.29, 1.82) is 0 Å². The fourth-order valence-corrected chi connectivity index (χ4v) is 5.29. The van der Waals surface area contributed by atoms with E-state index in [1.807, 2.05) is 30.1 Å². The highest BCUT2D eigenvalue weighted by atomic mass is 16.3. The molecule has 2 aromatic carbocycles. The summed E-state index contributed by atoms with van der Waals surface area (Å²) in [5.74, 6) is 0.530. The number of amides is 1. The molecule has 2 heterocycles. The van der Waals surface area contributed by atoms with Gasteiger partial charge in [-0.3, -0.25) is 4.79 Å². The van der Waals surface area contributed by atoms with Crippen LogP contribution in [0, 0.1) is 0 Å². The Morgan fingerprint density at radius 3 is 2.17 bits per heavy atom. The number of likely N-dealkylation sites (N-methyl/N-ethyl adjacent to an activating group) is 1. The Morgan fingerprint density at radius 1 is 1.03 bits per heavy atom. The van der Waals surface area contributed by atoms with Gasteiger partial charge in [-0.1, -0.05) is 59.7 Å². The predicted molar refractivity (Wildman–Crippen MR) is 122 cm³/mol.